The van der Waals surface area contributed by atoms with Gasteiger partial charge in [-0.05, 0) is 12.1 Å². The molecule has 0 aliphatic rings. The normalized spacial score (nSPS) is 10.0. The van der Waals surface area contributed by atoms with Crippen molar-refractivity contribution in [3.63, 3.8) is 0 Å². The van der Waals surface area contributed by atoms with Crippen molar-refractivity contribution >= 4 is 17.6 Å². The van der Waals surface area contributed by atoms with Gasteiger partial charge in [-0.25, -0.2) is 4.79 Å². The summed E-state index contributed by atoms with van der Waals surface area (Å²) in [5, 5.41) is 9.16. The topological polar surface area (TPSA) is 81.5 Å². The molecule has 0 aliphatic carbocycles. The molecule has 2 aromatic rings. The number of benzene rings is 1. The van der Waals surface area contributed by atoms with Gasteiger partial charge in [0.2, 0.25) is 5.88 Å². The summed E-state index contributed by atoms with van der Waals surface area (Å²) in [6, 6.07) is 7.48. The molecule has 0 amide bonds. The van der Waals surface area contributed by atoms with E-state index in [1.807, 2.05) is 0 Å². The van der Waals surface area contributed by atoms with E-state index >= 15 is 0 Å². The molecule has 0 saturated carbocycles. The SMILES string of the molecule is COc1cc(Cl)nc(Oc2ccccc2C(=O)O)n1. The second-order valence-corrected chi connectivity index (χ2v) is 3.81. The van der Waals surface area contributed by atoms with Gasteiger partial charge in [-0.15, -0.1) is 0 Å². The summed E-state index contributed by atoms with van der Waals surface area (Å²) in [7, 11) is 1.42. The lowest BCUT2D eigenvalue weighted by Gasteiger charge is -2.07. The molecular weight excluding hydrogens is 272 g/mol. The smallest absolute Gasteiger partial charge is 0.339 e. The van der Waals surface area contributed by atoms with Crippen molar-refractivity contribution in [2.24, 2.45) is 0 Å². The van der Waals surface area contributed by atoms with E-state index in [1.54, 1.807) is 12.1 Å². The number of aromatic carboxylic acids is 1. The third-order valence-electron chi connectivity index (χ3n) is 2.18. The Labute approximate surface area is 113 Å². The van der Waals surface area contributed by atoms with E-state index in [0.717, 1.165) is 0 Å². The summed E-state index contributed by atoms with van der Waals surface area (Å²) in [6.07, 6.45) is 0. The van der Waals surface area contributed by atoms with Crippen LogP contribution in [-0.4, -0.2) is 28.2 Å². The Morgan fingerprint density at radius 2 is 2.05 bits per heavy atom. The fourth-order valence-corrected chi connectivity index (χ4v) is 1.52. The molecule has 98 valence electrons. The van der Waals surface area contributed by atoms with Gasteiger partial charge in [0, 0.05) is 6.07 Å². The van der Waals surface area contributed by atoms with Crippen molar-refractivity contribution in [2.45, 2.75) is 0 Å². The minimum Gasteiger partial charge on any atom is -0.481 e. The zero-order chi connectivity index (χ0) is 13.8. The molecule has 0 radical (unpaired) electrons. The monoisotopic (exact) mass is 280 g/mol. The molecule has 1 aromatic carbocycles. The highest BCUT2D eigenvalue weighted by Crippen LogP contribution is 2.25. The molecular formula is C12H9ClN2O4. The van der Waals surface area contributed by atoms with Gasteiger partial charge in [0.15, 0.2) is 0 Å². The van der Waals surface area contributed by atoms with Gasteiger partial charge in [-0.3, -0.25) is 0 Å². The van der Waals surface area contributed by atoms with Crippen LogP contribution in [-0.2, 0) is 0 Å². The molecule has 2 rings (SSSR count). The number of nitrogens with zero attached hydrogens (tertiary/aromatic N) is 2. The third-order valence-corrected chi connectivity index (χ3v) is 2.37. The van der Waals surface area contributed by atoms with Crippen molar-refractivity contribution in [3.8, 4) is 17.6 Å². The minimum atomic E-state index is -1.11. The summed E-state index contributed by atoms with van der Waals surface area (Å²) in [6.45, 7) is 0. The Balaban J connectivity index is 2.36. The maximum Gasteiger partial charge on any atom is 0.339 e. The minimum absolute atomic E-state index is 0.00467. The summed E-state index contributed by atoms with van der Waals surface area (Å²) in [5.41, 5.74) is 0.00467. The van der Waals surface area contributed by atoms with Gasteiger partial charge in [0.25, 0.3) is 0 Å². The van der Waals surface area contributed by atoms with Gasteiger partial charge >= 0.3 is 12.0 Å². The van der Waals surface area contributed by atoms with Crippen molar-refractivity contribution in [1.29, 1.82) is 0 Å². The van der Waals surface area contributed by atoms with E-state index in [4.69, 9.17) is 26.2 Å². The number of rotatable bonds is 4. The second kappa shape index (κ2) is 5.53. The molecule has 0 aliphatic heterocycles. The number of aromatic nitrogens is 2. The maximum atomic E-state index is 11.0. The molecule has 0 unspecified atom stereocenters. The van der Waals surface area contributed by atoms with Crippen molar-refractivity contribution in [2.75, 3.05) is 7.11 Å². The first-order valence-corrected chi connectivity index (χ1v) is 5.56. The molecule has 0 fully saturated rings. The van der Waals surface area contributed by atoms with Crippen LogP contribution >= 0.6 is 11.6 Å². The molecule has 6 nitrogen and oxygen atoms in total. The Kier molecular flexibility index (Phi) is 3.82. The van der Waals surface area contributed by atoms with Crippen molar-refractivity contribution in [1.82, 2.24) is 9.97 Å². The molecule has 0 bridgehead atoms. The summed E-state index contributed by atoms with van der Waals surface area (Å²) in [5.74, 6) is -0.758. The van der Waals surface area contributed by atoms with Crippen LogP contribution in [0.25, 0.3) is 0 Å². The van der Waals surface area contributed by atoms with E-state index in [-0.39, 0.29) is 28.4 Å². The molecule has 1 aromatic heterocycles. The maximum absolute atomic E-state index is 11.0. The molecule has 0 spiro atoms. The molecule has 1 N–H and O–H groups in total. The van der Waals surface area contributed by atoms with Crippen LogP contribution in [0.15, 0.2) is 30.3 Å². The Bertz CT molecular complexity index is 618. The quantitative estimate of drug-likeness (QED) is 0.867. The molecule has 1 heterocycles. The average Bonchev–Trinajstić information content (AvgIpc) is 2.38. The summed E-state index contributed by atoms with van der Waals surface area (Å²) >= 11 is 5.77. The molecule has 0 saturated heterocycles. The van der Waals surface area contributed by atoms with E-state index in [0.29, 0.717) is 0 Å². The van der Waals surface area contributed by atoms with Crippen molar-refractivity contribution in [3.05, 3.63) is 41.0 Å². The fourth-order valence-electron chi connectivity index (χ4n) is 1.36. The highest BCUT2D eigenvalue weighted by atomic mass is 35.5. The van der Waals surface area contributed by atoms with Crippen LogP contribution < -0.4 is 9.47 Å². The zero-order valence-electron chi connectivity index (χ0n) is 9.83. The highest BCUT2D eigenvalue weighted by Gasteiger charge is 2.13. The van der Waals surface area contributed by atoms with Crippen molar-refractivity contribution < 1.29 is 19.4 Å². The van der Waals surface area contributed by atoms with Crippen LogP contribution in [0.3, 0.4) is 0 Å². The number of para-hydroxylation sites is 1. The van der Waals surface area contributed by atoms with Gasteiger partial charge in [0.05, 0.1) is 7.11 Å². The number of halogens is 1. The molecule has 7 heteroatoms. The predicted octanol–water partition coefficient (Wildman–Crippen LogP) is 2.63. The number of methoxy groups -OCH3 is 1. The number of carboxylic acid groups (broad SMARTS) is 1. The standard InChI is InChI=1S/C12H9ClN2O4/c1-18-10-6-9(13)14-12(15-10)19-8-5-3-2-4-7(8)11(16)17/h2-6H,1H3,(H,16,17). The van der Waals surface area contributed by atoms with E-state index in [9.17, 15) is 4.79 Å². The number of hydrogen-bond acceptors (Lipinski definition) is 5. The second-order valence-electron chi connectivity index (χ2n) is 3.42. The number of carbonyl (C=O) groups is 1. The fraction of sp³-hybridized carbons (Fsp3) is 0.0833. The largest absolute Gasteiger partial charge is 0.481 e. The average molecular weight is 281 g/mol. The summed E-state index contributed by atoms with van der Waals surface area (Å²) in [4.78, 5) is 18.8. The van der Waals surface area contributed by atoms with Crippen LogP contribution in [0.5, 0.6) is 17.6 Å². The van der Waals surface area contributed by atoms with Gasteiger partial charge < -0.3 is 14.6 Å². The summed E-state index contributed by atoms with van der Waals surface area (Å²) < 4.78 is 10.2. The van der Waals surface area contributed by atoms with Gasteiger partial charge in [-0.1, -0.05) is 23.7 Å². The van der Waals surface area contributed by atoms with Gasteiger partial charge in [0.1, 0.15) is 16.5 Å². The number of hydrogen-bond donors (Lipinski definition) is 1. The molecule has 19 heavy (non-hydrogen) atoms. The number of carboxylic acids is 1. The lowest BCUT2D eigenvalue weighted by atomic mass is 10.2. The van der Waals surface area contributed by atoms with Crippen LogP contribution in [0, 0.1) is 0 Å². The van der Waals surface area contributed by atoms with Crippen LogP contribution in [0.1, 0.15) is 10.4 Å². The Morgan fingerprint density at radius 3 is 2.74 bits per heavy atom. The number of ether oxygens (including phenoxy) is 2. The first-order chi connectivity index (χ1) is 9.10. The predicted molar refractivity (Wildman–Crippen MR) is 67.1 cm³/mol. The van der Waals surface area contributed by atoms with E-state index in [2.05, 4.69) is 9.97 Å². The third kappa shape index (κ3) is 3.11. The lowest BCUT2D eigenvalue weighted by molar-refractivity contribution is 0.0694. The van der Waals surface area contributed by atoms with E-state index < -0.39 is 5.97 Å². The van der Waals surface area contributed by atoms with Crippen LogP contribution in [0.2, 0.25) is 5.15 Å². The first kappa shape index (κ1) is 13.1. The van der Waals surface area contributed by atoms with Gasteiger partial charge in [-0.2, -0.15) is 9.97 Å². The van der Waals surface area contributed by atoms with E-state index in [1.165, 1.54) is 25.3 Å². The Hall–Kier alpha value is -2.34. The zero-order valence-corrected chi connectivity index (χ0v) is 10.6. The first-order valence-electron chi connectivity index (χ1n) is 5.19. The molecule has 0 atom stereocenters. The highest BCUT2D eigenvalue weighted by molar-refractivity contribution is 6.29. The lowest BCUT2D eigenvalue weighted by Crippen LogP contribution is -2.01. The Morgan fingerprint density at radius 1 is 1.32 bits per heavy atom. The van der Waals surface area contributed by atoms with Crippen LogP contribution in [0.4, 0.5) is 0 Å².